The van der Waals surface area contributed by atoms with Crippen molar-refractivity contribution in [2.24, 2.45) is 0 Å². The van der Waals surface area contributed by atoms with Crippen molar-refractivity contribution in [3.8, 4) is 22.5 Å². The highest BCUT2D eigenvalue weighted by atomic mass is 16.6. The molecule has 2 atom stereocenters. The van der Waals surface area contributed by atoms with E-state index in [1.165, 1.54) is 6.33 Å². The summed E-state index contributed by atoms with van der Waals surface area (Å²) in [6.45, 7) is 9.40. The van der Waals surface area contributed by atoms with Gasteiger partial charge in [0, 0.05) is 17.2 Å². The number of benzene rings is 2. The summed E-state index contributed by atoms with van der Waals surface area (Å²) in [7, 11) is 0. The van der Waals surface area contributed by atoms with Crippen LogP contribution in [0.1, 0.15) is 52.0 Å². The van der Waals surface area contributed by atoms with Crippen molar-refractivity contribution in [2.45, 2.75) is 64.2 Å². The van der Waals surface area contributed by atoms with Crippen molar-refractivity contribution < 1.29 is 18.7 Å². The number of rotatable bonds is 8. The van der Waals surface area contributed by atoms with E-state index in [1.54, 1.807) is 0 Å². The van der Waals surface area contributed by atoms with Crippen LogP contribution in [0.3, 0.4) is 0 Å². The Hall–Kier alpha value is -3.97. The molecule has 202 valence electrons. The fraction of sp³-hybridized carbons (Fsp3) is 0.344. The van der Waals surface area contributed by atoms with Crippen LogP contribution >= 0.6 is 0 Å². The minimum atomic E-state index is -0.525. The van der Waals surface area contributed by atoms with Gasteiger partial charge >= 0.3 is 5.97 Å². The third-order valence-electron chi connectivity index (χ3n) is 6.78. The monoisotopic (exact) mass is 525 g/mol. The van der Waals surface area contributed by atoms with Gasteiger partial charge in [0.15, 0.2) is 0 Å². The Morgan fingerprint density at radius 2 is 1.85 bits per heavy atom. The minimum absolute atomic E-state index is 0.0313. The molecular weight excluding hydrogens is 490 g/mol. The predicted molar refractivity (Wildman–Crippen MR) is 154 cm³/mol. The molecule has 0 amide bonds. The lowest BCUT2D eigenvalue weighted by Gasteiger charge is -2.30. The molecule has 0 spiro atoms. The third-order valence-corrected chi connectivity index (χ3v) is 6.78. The van der Waals surface area contributed by atoms with Crippen LogP contribution in [0.25, 0.3) is 39.6 Å². The van der Waals surface area contributed by atoms with Crippen molar-refractivity contribution in [1.29, 1.82) is 0 Å². The molecule has 7 heteroatoms. The average Bonchev–Trinajstić information content (AvgIpc) is 3.32. The molecule has 0 radical (unpaired) electrons. The van der Waals surface area contributed by atoms with E-state index in [4.69, 9.17) is 13.9 Å². The minimum Gasteiger partial charge on any atom is -0.458 e. The molecule has 0 aliphatic heterocycles. The summed E-state index contributed by atoms with van der Waals surface area (Å²) in [5, 5.41) is 4.50. The molecule has 1 saturated carbocycles. The van der Waals surface area contributed by atoms with Crippen LogP contribution in [0.2, 0.25) is 0 Å². The summed E-state index contributed by atoms with van der Waals surface area (Å²) in [4.78, 5) is 21.3. The van der Waals surface area contributed by atoms with E-state index in [-0.39, 0.29) is 24.7 Å². The predicted octanol–water partition coefficient (Wildman–Crippen LogP) is 7.28. The molecule has 7 nitrogen and oxygen atoms in total. The maximum atomic E-state index is 12.2. The molecule has 0 bridgehead atoms. The highest BCUT2D eigenvalue weighted by Gasteiger charge is 2.27. The fourth-order valence-electron chi connectivity index (χ4n) is 5.07. The number of fused-ring (bicyclic) bond motifs is 1. The van der Waals surface area contributed by atoms with Crippen LogP contribution in [0.15, 0.2) is 71.9 Å². The summed E-state index contributed by atoms with van der Waals surface area (Å²) >= 11 is 0. The van der Waals surface area contributed by atoms with E-state index in [1.807, 2.05) is 69.3 Å². The Labute approximate surface area is 229 Å². The molecule has 0 unspecified atom stereocenters. The number of hydrogen-bond acceptors (Lipinski definition) is 7. The number of carbonyl (C=O) groups is 1. The van der Waals surface area contributed by atoms with Crippen LogP contribution in [-0.4, -0.2) is 40.3 Å². The number of nitrogens with one attached hydrogen (secondary N) is 1. The lowest BCUT2D eigenvalue weighted by atomic mass is 9.92. The first-order valence-corrected chi connectivity index (χ1v) is 13.5. The molecule has 4 aromatic rings. The molecule has 0 saturated heterocycles. The lowest BCUT2D eigenvalue weighted by Crippen LogP contribution is -2.34. The highest BCUT2D eigenvalue weighted by Crippen LogP contribution is 2.43. The first kappa shape index (κ1) is 26.6. The molecule has 39 heavy (non-hydrogen) atoms. The van der Waals surface area contributed by atoms with Crippen molar-refractivity contribution in [2.75, 3.05) is 11.9 Å². The standard InChI is InChI=1S/C32H35N3O4/c1-5-21-14-16-22(17-15-21)27-28-30(33-20-34-31(28)38-29(27)23-10-7-6-8-11-23)35-24-12-9-13-25(18-24)37-19-26(36)39-32(2,3)4/h5-8,10-11,14-17,20,24-25H,1,9,12-13,18-19H2,2-4H3,(H,33,34,35)/t24-,25-/m0/s1. The van der Waals surface area contributed by atoms with Crippen molar-refractivity contribution in [3.63, 3.8) is 0 Å². The first-order chi connectivity index (χ1) is 18.8. The third kappa shape index (κ3) is 6.37. The molecule has 2 heterocycles. The van der Waals surface area contributed by atoms with Crippen molar-refractivity contribution in [1.82, 2.24) is 9.97 Å². The summed E-state index contributed by atoms with van der Waals surface area (Å²) in [5.74, 6) is 1.14. The molecule has 2 aromatic carbocycles. The second kappa shape index (κ2) is 11.4. The second-order valence-electron chi connectivity index (χ2n) is 10.9. The van der Waals surface area contributed by atoms with Crippen LogP contribution in [0, 0.1) is 0 Å². The molecule has 5 rings (SSSR count). The van der Waals surface area contributed by atoms with E-state index in [2.05, 4.69) is 34.0 Å². The quantitative estimate of drug-likeness (QED) is 0.242. The largest absolute Gasteiger partial charge is 0.458 e. The number of carbonyl (C=O) groups excluding carboxylic acids is 1. The Balaban J connectivity index is 1.44. The van der Waals surface area contributed by atoms with E-state index in [9.17, 15) is 4.79 Å². The van der Waals surface area contributed by atoms with Gasteiger partial charge in [-0.3, -0.25) is 0 Å². The van der Waals surface area contributed by atoms with Crippen molar-refractivity contribution in [3.05, 3.63) is 73.1 Å². The maximum Gasteiger partial charge on any atom is 0.332 e. The van der Waals surface area contributed by atoms with Gasteiger partial charge in [0.25, 0.3) is 0 Å². The van der Waals surface area contributed by atoms with Gasteiger partial charge < -0.3 is 19.2 Å². The summed E-state index contributed by atoms with van der Waals surface area (Å²) < 4.78 is 17.7. The van der Waals surface area contributed by atoms with Gasteiger partial charge in [0.2, 0.25) is 5.71 Å². The van der Waals surface area contributed by atoms with Gasteiger partial charge in [0.05, 0.1) is 11.5 Å². The van der Waals surface area contributed by atoms with Crippen LogP contribution < -0.4 is 5.32 Å². The highest BCUT2D eigenvalue weighted by molar-refractivity contribution is 6.06. The Morgan fingerprint density at radius 3 is 2.56 bits per heavy atom. The average molecular weight is 526 g/mol. The Morgan fingerprint density at radius 1 is 1.08 bits per heavy atom. The fourth-order valence-corrected chi connectivity index (χ4v) is 5.07. The maximum absolute atomic E-state index is 12.2. The molecular formula is C32H35N3O4. The van der Waals surface area contributed by atoms with Crippen LogP contribution in [0.4, 0.5) is 5.82 Å². The second-order valence-corrected chi connectivity index (χ2v) is 10.9. The van der Waals surface area contributed by atoms with Gasteiger partial charge in [-0.25, -0.2) is 14.8 Å². The Bertz CT molecular complexity index is 1440. The number of nitrogens with zero attached hydrogens (tertiary/aromatic N) is 2. The van der Waals surface area contributed by atoms with E-state index in [0.29, 0.717) is 5.71 Å². The first-order valence-electron chi connectivity index (χ1n) is 13.5. The van der Waals surface area contributed by atoms with Gasteiger partial charge in [0.1, 0.15) is 30.1 Å². The number of anilines is 1. The normalized spacial score (nSPS) is 17.6. The zero-order chi connectivity index (χ0) is 27.4. The molecule has 1 aliphatic rings. The van der Waals surface area contributed by atoms with Crippen LogP contribution in [0.5, 0.6) is 0 Å². The van der Waals surface area contributed by atoms with Gasteiger partial charge in [-0.2, -0.15) is 0 Å². The number of hydrogen-bond donors (Lipinski definition) is 1. The summed E-state index contributed by atoms with van der Waals surface area (Å²) in [5.41, 5.74) is 3.98. The zero-order valence-corrected chi connectivity index (χ0v) is 22.8. The van der Waals surface area contributed by atoms with E-state index in [0.717, 1.165) is 64.9 Å². The molecule has 1 aliphatic carbocycles. The number of ether oxygens (including phenoxy) is 2. The SMILES string of the molecule is C=Cc1ccc(-c2c(-c3ccccc3)oc3ncnc(N[C@H]4CCC[C@H](OCC(=O)OC(C)(C)C)C4)c23)cc1. The van der Waals surface area contributed by atoms with E-state index >= 15 is 0 Å². The summed E-state index contributed by atoms with van der Waals surface area (Å²) in [6.07, 6.45) is 6.97. The smallest absolute Gasteiger partial charge is 0.332 e. The topological polar surface area (TPSA) is 86.5 Å². The number of aromatic nitrogens is 2. The number of furan rings is 1. The van der Waals surface area contributed by atoms with Crippen molar-refractivity contribution >= 4 is 29.0 Å². The lowest BCUT2D eigenvalue weighted by molar-refractivity contribution is -0.162. The van der Waals surface area contributed by atoms with Gasteiger partial charge in [-0.15, -0.1) is 0 Å². The van der Waals surface area contributed by atoms with Crippen LogP contribution in [-0.2, 0) is 14.3 Å². The van der Waals surface area contributed by atoms with Gasteiger partial charge in [-0.05, 0) is 57.6 Å². The molecule has 1 N–H and O–H groups in total. The van der Waals surface area contributed by atoms with E-state index < -0.39 is 5.60 Å². The zero-order valence-electron chi connectivity index (χ0n) is 22.8. The van der Waals surface area contributed by atoms with Gasteiger partial charge in [-0.1, -0.05) is 67.3 Å². The molecule has 1 fully saturated rings. The number of esters is 1. The molecule has 2 aromatic heterocycles. The summed E-state index contributed by atoms with van der Waals surface area (Å²) in [6, 6.07) is 18.4. The Kier molecular flexibility index (Phi) is 7.79.